The third-order valence-corrected chi connectivity index (χ3v) is 5.86. The Bertz CT molecular complexity index is 1390. The second-order valence-electron chi connectivity index (χ2n) is 8.43. The number of hydrogen-bond donors (Lipinski definition) is 2. The molecule has 0 fully saturated rings. The molecule has 0 aliphatic rings. The van der Waals surface area contributed by atoms with Crippen molar-refractivity contribution in [1.29, 1.82) is 0 Å². The molecule has 0 saturated carbocycles. The summed E-state index contributed by atoms with van der Waals surface area (Å²) in [4.78, 5) is 40.2. The highest BCUT2D eigenvalue weighted by molar-refractivity contribution is 5.94. The Labute approximate surface area is 192 Å². The van der Waals surface area contributed by atoms with Gasteiger partial charge in [0.2, 0.25) is 0 Å². The van der Waals surface area contributed by atoms with Crippen molar-refractivity contribution in [2.45, 2.75) is 26.3 Å². The van der Waals surface area contributed by atoms with Gasteiger partial charge in [0.05, 0.1) is 11.7 Å². The summed E-state index contributed by atoms with van der Waals surface area (Å²) in [5.41, 5.74) is 3.33. The fraction of sp³-hybridized carbons (Fsp3) is 0.280. The molecule has 3 aromatic heterocycles. The second kappa shape index (κ2) is 8.90. The van der Waals surface area contributed by atoms with Crippen molar-refractivity contribution in [3.63, 3.8) is 0 Å². The smallest absolute Gasteiger partial charge is 0.263 e. The Balaban J connectivity index is 1.75. The van der Waals surface area contributed by atoms with Crippen LogP contribution in [0.25, 0.3) is 10.9 Å². The first-order valence-corrected chi connectivity index (χ1v) is 10.8. The average molecular weight is 445 g/mol. The quantitative estimate of drug-likeness (QED) is 0.477. The van der Waals surface area contributed by atoms with Gasteiger partial charge in [-0.3, -0.25) is 9.59 Å². The number of nitrogens with zero attached hydrogens (tertiary/aromatic N) is 4. The maximum atomic E-state index is 13.2. The first-order valence-electron chi connectivity index (χ1n) is 10.8. The zero-order valence-corrected chi connectivity index (χ0v) is 19.5. The summed E-state index contributed by atoms with van der Waals surface area (Å²) in [5, 5.41) is 4.14. The lowest BCUT2D eigenvalue weighted by atomic mass is 10.0. The standard InChI is InChI=1S/C25H28N6O2/c1-15-10-11-19(25(33)31(15)5)24(32)29-21(22-13-23(30(3)4)28-16(2)27-22)12-17-14-26-20-9-7-6-8-18(17)20/h6-11,13-14,21,26H,12H2,1-5H3,(H,29,32)/t21-/m0/s1. The number of H-pyrrole nitrogens is 1. The fourth-order valence-corrected chi connectivity index (χ4v) is 3.87. The van der Waals surface area contributed by atoms with Crippen molar-refractivity contribution in [3.8, 4) is 0 Å². The summed E-state index contributed by atoms with van der Waals surface area (Å²) in [6, 6.07) is 12.8. The number of benzene rings is 1. The molecule has 2 N–H and O–H groups in total. The van der Waals surface area contributed by atoms with Gasteiger partial charge in [-0.2, -0.15) is 0 Å². The number of amides is 1. The Morgan fingerprint density at radius 3 is 2.67 bits per heavy atom. The zero-order valence-electron chi connectivity index (χ0n) is 19.5. The number of nitrogens with one attached hydrogen (secondary N) is 2. The Morgan fingerprint density at radius 1 is 1.15 bits per heavy atom. The maximum Gasteiger partial charge on any atom is 0.263 e. The molecule has 1 atom stereocenters. The Kier molecular flexibility index (Phi) is 6.00. The molecule has 1 amide bonds. The minimum absolute atomic E-state index is 0.102. The lowest BCUT2D eigenvalue weighted by Gasteiger charge is -2.21. The van der Waals surface area contributed by atoms with Crippen LogP contribution < -0.4 is 15.8 Å². The largest absolute Gasteiger partial charge is 0.363 e. The highest BCUT2D eigenvalue weighted by atomic mass is 16.2. The van der Waals surface area contributed by atoms with Gasteiger partial charge in [0.25, 0.3) is 11.5 Å². The number of fused-ring (bicyclic) bond motifs is 1. The van der Waals surface area contributed by atoms with Crippen LogP contribution in [-0.4, -0.2) is 39.5 Å². The summed E-state index contributed by atoms with van der Waals surface area (Å²) in [5.74, 6) is 0.936. The molecule has 8 heteroatoms. The number of rotatable bonds is 6. The second-order valence-corrected chi connectivity index (χ2v) is 8.43. The van der Waals surface area contributed by atoms with Crippen LogP contribution in [0.15, 0.2) is 53.5 Å². The molecule has 1 aromatic carbocycles. The normalized spacial score (nSPS) is 12.0. The maximum absolute atomic E-state index is 13.2. The lowest BCUT2D eigenvalue weighted by molar-refractivity contribution is 0.0933. The van der Waals surface area contributed by atoms with Crippen LogP contribution in [0.1, 0.15) is 39.2 Å². The van der Waals surface area contributed by atoms with Crippen molar-refractivity contribution in [2.75, 3.05) is 19.0 Å². The molecule has 3 heterocycles. The molecule has 0 radical (unpaired) electrons. The number of carbonyl (C=O) groups is 1. The molecule has 0 saturated heterocycles. The monoisotopic (exact) mass is 444 g/mol. The molecule has 0 aliphatic carbocycles. The zero-order chi connectivity index (χ0) is 23.7. The summed E-state index contributed by atoms with van der Waals surface area (Å²) >= 11 is 0. The van der Waals surface area contributed by atoms with E-state index in [4.69, 9.17) is 0 Å². The van der Waals surface area contributed by atoms with Crippen LogP contribution in [0.2, 0.25) is 0 Å². The lowest BCUT2D eigenvalue weighted by Crippen LogP contribution is -2.36. The van der Waals surface area contributed by atoms with Crippen molar-refractivity contribution in [2.24, 2.45) is 7.05 Å². The highest BCUT2D eigenvalue weighted by Gasteiger charge is 2.22. The minimum atomic E-state index is -0.455. The summed E-state index contributed by atoms with van der Waals surface area (Å²) < 4.78 is 1.47. The van der Waals surface area contributed by atoms with E-state index in [2.05, 4.69) is 20.3 Å². The van der Waals surface area contributed by atoms with E-state index in [1.54, 1.807) is 19.2 Å². The number of pyridine rings is 1. The van der Waals surface area contributed by atoms with Crippen LogP contribution in [0.3, 0.4) is 0 Å². The van der Waals surface area contributed by atoms with Gasteiger partial charge in [-0.25, -0.2) is 9.97 Å². The molecular weight excluding hydrogens is 416 g/mol. The third kappa shape index (κ3) is 4.50. The molecule has 4 aromatic rings. The van der Waals surface area contributed by atoms with E-state index in [1.165, 1.54) is 4.57 Å². The van der Waals surface area contributed by atoms with Crippen LogP contribution in [0, 0.1) is 13.8 Å². The van der Waals surface area contributed by atoms with Gasteiger partial charge >= 0.3 is 0 Å². The number of aromatic nitrogens is 4. The molecule has 0 bridgehead atoms. The number of para-hydroxylation sites is 1. The molecule has 8 nitrogen and oxygen atoms in total. The highest BCUT2D eigenvalue weighted by Crippen LogP contribution is 2.25. The fourth-order valence-electron chi connectivity index (χ4n) is 3.87. The van der Waals surface area contributed by atoms with E-state index < -0.39 is 11.9 Å². The Morgan fingerprint density at radius 2 is 1.91 bits per heavy atom. The van der Waals surface area contributed by atoms with Gasteiger partial charge in [0, 0.05) is 56.4 Å². The molecule has 4 rings (SSSR count). The van der Waals surface area contributed by atoms with E-state index in [0.29, 0.717) is 17.9 Å². The van der Waals surface area contributed by atoms with Gasteiger partial charge in [0.15, 0.2) is 0 Å². The number of aryl methyl sites for hydroxylation is 2. The summed E-state index contributed by atoms with van der Waals surface area (Å²) in [6.45, 7) is 3.66. The summed E-state index contributed by atoms with van der Waals surface area (Å²) in [7, 11) is 5.48. The van der Waals surface area contributed by atoms with Crippen molar-refractivity contribution in [3.05, 3.63) is 87.4 Å². The van der Waals surface area contributed by atoms with E-state index >= 15 is 0 Å². The van der Waals surface area contributed by atoms with Crippen molar-refractivity contribution in [1.82, 2.24) is 24.8 Å². The molecule has 0 unspecified atom stereocenters. The van der Waals surface area contributed by atoms with E-state index in [1.807, 2.05) is 69.4 Å². The Hall–Kier alpha value is -3.94. The predicted octanol–water partition coefficient (Wildman–Crippen LogP) is 3.05. The molecule has 170 valence electrons. The van der Waals surface area contributed by atoms with Crippen LogP contribution >= 0.6 is 0 Å². The average Bonchev–Trinajstić information content (AvgIpc) is 3.19. The molecule has 33 heavy (non-hydrogen) atoms. The molecular formula is C25H28N6O2. The predicted molar refractivity (Wildman–Crippen MR) is 130 cm³/mol. The van der Waals surface area contributed by atoms with Crippen molar-refractivity contribution >= 4 is 22.6 Å². The van der Waals surface area contributed by atoms with Crippen LogP contribution in [0.5, 0.6) is 0 Å². The van der Waals surface area contributed by atoms with Gasteiger partial charge in [-0.1, -0.05) is 18.2 Å². The number of anilines is 1. The number of aromatic amines is 1. The number of carbonyl (C=O) groups excluding carboxylic acids is 1. The van der Waals surface area contributed by atoms with Gasteiger partial charge in [-0.15, -0.1) is 0 Å². The van der Waals surface area contributed by atoms with Gasteiger partial charge in [0.1, 0.15) is 17.2 Å². The van der Waals surface area contributed by atoms with Crippen molar-refractivity contribution < 1.29 is 4.79 Å². The first kappa shape index (κ1) is 22.3. The van der Waals surface area contributed by atoms with Gasteiger partial charge in [-0.05, 0) is 37.6 Å². The van der Waals surface area contributed by atoms with Crippen LogP contribution in [0.4, 0.5) is 5.82 Å². The molecule has 0 spiro atoms. The number of hydrogen-bond acceptors (Lipinski definition) is 5. The SMILES string of the molecule is Cc1nc([C@H](Cc2c[nH]c3ccccc23)NC(=O)c2ccc(C)n(C)c2=O)cc(N(C)C)n1. The van der Waals surface area contributed by atoms with E-state index in [0.717, 1.165) is 28.0 Å². The van der Waals surface area contributed by atoms with E-state index in [-0.39, 0.29) is 11.1 Å². The minimum Gasteiger partial charge on any atom is -0.363 e. The molecule has 0 aliphatic heterocycles. The third-order valence-electron chi connectivity index (χ3n) is 5.86. The van der Waals surface area contributed by atoms with E-state index in [9.17, 15) is 9.59 Å². The summed E-state index contributed by atoms with van der Waals surface area (Å²) in [6.07, 6.45) is 2.46. The van der Waals surface area contributed by atoms with Gasteiger partial charge < -0.3 is 19.8 Å². The topological polar surface area (TPSA) is 95.9 Å². The first-order chi connectivity index (χ1) is 15.7. The van der Waals surface area contributed by atoms with Crippen LogP contribution in [-0.2, 0) is 13.5 Å².